The maximum absolute atomic E-state index is 13.0. The van der Waals surface area contributed by atoms with Gasteiger partial charge in [0.15, 0.2) is 0 Å². The van der Waals surface area contributed by atoms with Gasteiger partial charge < -0.3 is 34.2 Å². The van der Waals surface area contributed by atoms with Gasteiger partial charge in [-0.25, -0.2) is 0 Å². The number of hydrogen-bond acceptors (Lipinski definition) is 7. The lowest BCUT2D eigenvalue weighted by atomic mass is 9.87. The zero-order valence-electron chi connectivity index (χ0n) is 20.5. The molecule has 8 nitrogen and oxygen atoms in total. The normalized spacial score (nSPS) is 21.8. The minimum absolute atomic E-state index is 0.0537. The van der Waals surface area contributed by atoms with Gasteiger partial charge >= 0.3 is 0 Å². The summed E-state index contributed by atoms with van der Waals surface area (Å²) in [5.74, 6) is 1.66. The van der Waals surface area contributed by atoms with Gasteiger partial charge in [-0.05, 0) is 42.3 Å². The molecule has 36 heavy (non-hydrogen) atoms. The van der Waals surface area contributed by atoms with Crippen molar-refractivity contribution < 1.29 is 29.2 Å². The summed E-state index contributed by atoms with van der Waals surface area (Å²) in [6.07, 6.45) is 1.97. The largest absolute Gasteiger partial charge is 0.497 e. The van der Waals surface area contributed by atoms with E-state index in [0.717, 1.165) is 48.7 Å². The lowest BCUT2D eigenvalue weighted by molar-refractivity contribution is -0.00202. The van der Waals surface area contributed by atoms with Crippen LogP contribution >= 0.6 is 11.6 Å². The highest BCUT2D eigenvalue weighted by Crippen LogP contribution is 2.42. The Kier molecular flexibility index (Phi) is 7.30. The molecule has 2 aromatic carbocycles. The van der Waals surface area contributed by atoms with E-state index in [1.54, 1.807) is 30.2 Å². The van der Waals surface area contributed by atoms with Crippen molar-refractivity contribution in [2.24, 2.45) is 0 Å². The van der Waals surface area contributed by atoms with Gasteiger partial charge in [-0.15, -0.1) is 0 Å². The van der Waals surface area contributed by atoms with Gasteiger partial charge in [0.1, 0.15) is 35.6 Å². The zero-order chi connectivity index (χ0) is 25.3. The number of halogens is 1. The van der Waals surface area contributed by atoms with E-state index < -0.39 is 12.2 Å². The number of rotatable bonds is 7. The Hall–Kier alpha value is -2.52. The van der Waals surface area contributed by atoms with E-state index in [9.17, 15) is 15.0 Å². The second-order valence-electron chi connectivity index (χ2n) is 10.0. The Morgan fingerprint density at radius 3 is 2.75 bits per heavy atom. The topological polar surface area (TPSA) is 91.7 Å². The molecule has 0 saturated carbocycles. The molecule has 2 fully saturated rings. The average Bonchev–Trinajstić information content (AvgIpc) is 3.46. The minimum atomic E-state index is -0.720. The third-order valence-corrected chi connectivity index (χ3v) is 7.63. The highest BCUT2D eigenvalue weighted by Gasteiger charge is 2.42. The Labute approximate surface area is 216 Å². The smallest absolute Gasteiger partial charge is 0.257 e. The molecule has 2 aromatic rings. The second-order valence-corrected chi connectivity index (χ2v) is 10.5. The van der Waals surface area contributed by atoms with Crippen LogP contribution in [0.5, 0.6) is 17.2 Å². The van der Waals surface area contributed by atoms with Gasteiger partial charge in [-0.1, -0.05) is 11.6 Å². The first-order chi connectivity index (χ1) is 17.3. The number of benzene rings is 2. The number of methoxy groups -OCH3 is 1. The van der Waals surface area contributed by atoms with Gasteiger partial charge in [0.25, 0.3) is 5.91 Å². The fraction of sp³-hybridized carbons (Fsp3) is 0.519. The number of amides is 1. The molecule has 2 atom stereocenters. The van der Waals surface area contributed by atoms with E-state index >= 15 is 0 Å². The molecule has 0 aliphatic carbocycles. The summed E-state index contributed by atoms with van der Waals surface area (Å²) in [6, 6.07) is 10.8. The fourth-order valence-electron chi connectivity index (χ4n) is 5.38. The Morgan fingerprint density at radius 1 is 1.22 bits per heavy atom. The van der Waals surface area contributed by atoms with Crippen LogP contribution in [0.25, 0.3) is 0 Å². The first-order valence-corrected chi connectivity index (χ1v) is 12.9. The molecule has 194 valence electrons. The molecule has 3 aliphatic rings. The third kappa shape index (κ3) is 5.42. The molecule has 0 bridgehead atoms. The van der Waals surface area contributed by atoms with E-state index in [2.05, 4.69) is 4.90 Å². The minimum Gasteiger partial charge on any atom is -0.497 e. The number of β-amino-alcohol motifs (C(OH)–C–C–N with tert-alkyl or cyclic N) is 2. The van der Waals surface area contributed by atoms with Crippen molar-refractivity contribution in [3.8, 4) is 17.2 Å². The number of fused-ring (bicyclic) bond motifs is 1. The molecule has 2 saturated heterocycles. The van der Waals surface area contributed by atoms with Crippen LogP contribution < -0.4 is 14.2 Å². The molecular formula is C27H33ClN2O6. The molecule has 5 rings (SSSR count). The van der Waals surface area contributed by atoms with Gasteiger partial charge in [-0.3, -0.25) is 4.79 Å². The molecular weight excluding hydrogens is 484 g/mol. The van der Waals surface area contributed by atoms with Gasteiger partial charge in [0.05, 0.1) is 18.8 Å². The number of ether oxygens (including phenoxy) is 3. The first kappa shape index (κ1) is 25.1. The van der Waals surface area contributed by atoms with Crippen molar-refractivity contribution in [3.05, 3.63) is 52.5 Å². The lowest BCUT2D eigenvalue weighted by Gasteiger charge is -2.39. The van der Waals surface area contributed by atoms with Crippen LogP contribution in [0.2, 0.25) is 5.02 Å². The summed E-state index contributed by atoms with van der Waals surface area (Å²) in [5.41, 5.74) is 1.37. The van der Waals surface area contributed by atoms with Crippen LogP contribution in [-0.4, -0.2) is 90.2 Å². The molecule has 1 spiro atoms. The van der Waals surface area contributed by atoms with Crippen molar-refractivity contribution >= 4 is 17.5 Å². The molecule has 0 aromatic heterocycles. The highest BCUT2D eigenvalue weighted by molar-refractivity contribution is 6.30. The monoisotopic (exact) mass is 516 g/mol. The molecule has 0 radical (unpaired) electrons. The number of hydrogen-bond donors (Lipinski definition) is 2. The number of piperidine rings is 1. The molecule has 0 unspecified atom stereocenters. The zero-order valence-corrected chi connectivity index (χ0v) is 21.2. The summed E-state index contributed by atoms with van der Waals surface area (Å²) in [7, 11) is 1.55. The average molecular weight is 517 g/mol. The van der Waals surface area contributed by atoms with Crippen molar-refractivity contribution in [3.63, 3.8) is 0 Å². The number of aliphatic hydroxyl groups is 2. The standard InChI is InChI=1S/C27H33ClN2O6/c1-34-22-3-4-23(26(33)30-9-6-20(31)16-30)25(13-22)35-17-21(32)15-29-10-7-27(8-11-29)14-18-12-19(28)2-5-24(18)36-27/h2-5,12-13,20-21,31-32H,6-11,14-17H2,1H3/t20-,21-/m0/s1. The summed E-state index contributed by atoms with van der Waals surface area (Å²) < 4.78 is 17.6. The Balaban J connectivity index is 1.15. The molecule has 3 aliphatic heterocycles. The van der Waals surface area contributed by atoms with Crippen LogP contribution in [-0.2, 0) is 6.42 Å². The molecule has 3 heterocycles. The van der Waals surface area contributed by atoms with E-state index in [0.29, 0.717) is 43.1 Å². The predicted octanol–water partition coefficient (Wildman–Crippen LogP) is 2.76. The summed E-state index contributed by atoms with van der Waals surface area (Å²) >= 11 is 6.15. The number of carbonyl (C=O) groups is 1. The van der Waals surface area contributed by atoms with E-state index in [1.165, 1.54) is 0 Å². The van der Waals surface area contributed by atoms with Crippen LogP contribution in [0.15, 0.2) is 36.4 Å². The van der Waals surface area contributed by atoms with E-state index in [-0.39, 0.29) is 18.1 Å². The van der Waals surface area contributed by atoms with Gasteiger partial charge in [-0.2, -0.15) is 0 Å². The van der Waals surface area contributed by atoms with Crippen molar-refractivity contribution in [1.82, 2.24) is 9.80 Å². The van der Waals surface area contributed by atoms with Gasteiger partial charge in [0, 0.05) is 63.1 Å². The van der Waals surface area contributed by atoms with Crippen molar-refractivity contribution in [2.45, 2.75) is 43.5 Å². The second kappa shape index (κ2) is 10.5. The molecule has 2 N–H and O–H groups in total. The number of nitrogens with zero attached hydrogens (tertiary/aromatic N) is 2. The van der Waals surface area contributed by atoms with E-state index in [4.69, 9.17) is 25.8 Å². The lowest BCUT2D eigenvalue weighted by Crippen LogP contribution is -2.49. The van der Waals surface area contributed by atoms with E-state index in [1.807, 2.05) is 18.2 Å². The number of aliphatic hydroxyl groups excluding tert-OH is 2. The summed E-state index contributed by atoms with van der Waals surface area (Å²) in [6.45, 7) is 2.98. The summed E-state index contributed by atoms with van der Waals surface area (Å²) in [5, 5.41) is 21.3. The quantitative estimate of drug-likeness (QED) is 0.584. The maximum Gasteiger partial charge on any atom is 0.257 e. The molecule has 1 amide bonds. The SMILES string of the molecule is COc1ccc(C(=O)N2CC[C@H](O)C2)c(OC[C@@H](O)CN2CCC3(CC2)Cc2cc(Cl)ccc2O3)c1. The van der Waals surface area contributed by atoms with Crippen molar-refractivity contribution in [1.29, 1.82) is 0 Å². The van der Waals surface area contributed by atoms with Crippen molar-refractivity contribution in [2.75, 3.05) is 46.4 Å². The highest BCUT2D eigenvalue weighted by atomic mass is 35.5. The van der Waals surface area contributed by atoms with Crippen LogP contribution in [0.1, 0.15) is 35.2 Å². The van der Waals surface area contributed by atoms with Crippen LogP contribution in [0, 0.1) is 0 Å². The number of likely N-dealkylation sites (tertiary alicyclic amines) is 2. The predicted molar refractivity (Wildman–Crippen MR) is 135 cm³/mol. The van der Waals surface area contributed by atoms with Crippen LogP contribution in [0.4, 0.5) is 0 Å². The Bertz CT molecular complexity index is 1100. The number of carbonyl (C=O) groups excluding carboxylic acids is 1. The maximum atomic E-state index is 13.0. The first-order valence-electron chi connectivity index (χ1n) is 12.5. The third-order valence-electron chi connectivity index (χ3n) is 7.40. The summed E-state index contributed by atoms with van der Waals surface area (Å²) in [4.78, 5) is 16.8. The van der Waals surface area contributed by atoms with Crippen LogP contribution in [0.3, 0.4) is 0 Å². The fourth-order valence-corrected chi connectivity index (χ4v) is 5.58. The van der Waals surface area contributed by atoms with Gasteiger partial charge in [0.2, 0.25) is 0 Å². The molecule has 9 heteroatoms. The Morgan fingerprint density at radius 2 is 2.03 bits per heavy atom.